The summed E-state index contributed by atoms with van der Waals surface area (Å²) in [5.41, 5.74) is -0.930. The van der Waals surface area contributed by atoms with Gasteiger partial charge in [-0.15, -0.1) is 4.09 Å². The Morgan fingerprint density at radius 2 is 2.07 bits per heavy atom. The predicted octanol–water partition coefficient (Wildman–Crippen LogP) is 0.748. The minimum absolute atomic E-state index is 0.0702. The molecule has 0 amide bonds. The van der Waals surface area contributed by atoms with Crippen LogP contribution in [0.4, 0.5) is 0 Å². The molecule has 0 radical (unpaired) electrons. The third-order valence-electron chi connectivity index (χ3n) is 1.48. The van der Waals surface area contributed by atoms with E-state index < -0.39 is 15.6 Å². The molecule has 8 heteroatoms. The van der Waals surface area contributed by atoms with Crippen molar-refractivity contribution in [2.45, 2.75) is 6.92 Å². The number of hydrogen-bond donors (Lipinski definition) is 0. The van der Waals surface area contributed by atoms with Crippen LogP contribution in [0.3, 0.4) is 0 Å². The van der Waals surface area contributed by atoms with E-state index in [9.17, 15) is 13.2 Å². The highest BCUT2D eigenvalue weighted by Crippen LogP contribution is 2.14. The van der Waals surface area contributed by atoms with Gasteiger partial charge in [0, 0.05) is 0 Å². The summed E-state index contributed by atoms with van der Waals surface area (Å²) in [5, 5.41) is 2.96. The van der Waals surface area contributed by atoms with Gasteiger partial charge in [0.25, 0.3) is 10.0 Å². The third kappa shape index (κ3) is 1.92. The van der Waals surface area contributed by atoms with Crippen LogP contribution in [0, 0.1) is 0 Å². The molecule has 0 spiro atoms. The average Bonchev–Trinajstić information content (AvgIpc) is 2.14. The average molecular weight is 257 g/mol. The highest BCUT2D eigenvalue weighted by Gasteiger charge is 2.17. The second kappa shape index (κ2) is 3.88. The molecule has 1 heterocycles. The van der Waals surface area contributed by atoms with E-state index in [1.165, 1.54) is 6.92 Å². The summed E-state index contributed by atoms with van der Waals surface area (Å²) in [6.07, 6.45) is 1.01. The van der Waals surface area contributed by atoms with Gasteiger partial charge in [0.15, 0.2) is 0 Å². The topological polar surface area (TPSA) is 69.0 Å². The van der Waals surface area contributed by atoms with Crippen LogP contribution in [-0.2, 0) is 10.0 Å². The molecule has 0 aliphatic rings. The van der Waals surface area contributed by atoms with Gasteiger partial charge >= 0.3 is 5.56 Å². The first kappa shape index (κ1) is 11.5. The van der Waals surface area contributed by atoms with Gasteiger partial charge in [0.05, 0.1) is 17.0 Å². The van der Waals surface area contributed by atoms with E-state index >= 15 is 0 Å². The molecule has 0 unspecified atom stereocenters. The van der Waals surface area contributed by atoms with Crippen LogP contribution in [0.1, 0.15) is 6.92 Å². The fourth-order valence-corrected chi connectivity index (χ4v) is 1.80. The Labute approximate surface area is 90.3 Å². The van der Waals surface area contributed by atoms with E-state index in [-0.39, 0.29) is 15.8 Å². The third-order valence-corrected chi connectivity index (χ3v) is 3.74. The van der Waals surface area contributed by atoms with Gasteiger partial charge in [-0.1, -0.05) is 23.2 Å². The number of halogens is 2. The quantitative estimate of drug-likeness (QED) is 0.783. The lowest BCUT2D eigenvalue weighted by molar-refractivity contribution is 0.577. The van der Waals surface area contributed by atoms with Crippen molar-refractivity contribution in [2.75, 3.05) is 5.75 Å². The monoisotopic (exact) mass is 256 g/mol. The van der Waals surface area contributed by atoms with Crippen molar-refractivity contribution >= 4 is 33.2 Å². The summed E-state index contributed by atoms with van der Waals surface area (Å²) in [7, 11) is -3.72. The Morgan fingerprint density at radius 3 is 2.57 bits per heavy atom. The molecule has 1 rings (SSSR count). The van der Waals surface area contributed by atoms with Crippen molar-refractivity contribution < 1.29 is 8.42 Å². The molecule has 0 N–H and O–H groups in total. The first-order valence-electron chi connectivity index (χ1n) is 3.56. The van der Waals surface area contributed by atoms with Gasteiger partial charge < -0.3 is 0 Å². The van der Waals surface area contributed by atoms with Crippen LogP contribution >= 0.6 is 23.2 Å². The Morgan fingerprint density at radius 1 is 1.50 bits per heavy atom. The van der Waals surface area contributed by atoms with Crippen LogP contribution in [0.2, 0.25) is 10.0 Å². The summed E-state index contributed by atoms with van der Waals surface area (Å²) in [5.74, 6) is -0.238. The smallest absolute Gasteiger partial charge is 0.265 e. The standard InChI is InChI=1S/C6H6Cl2N2O3S/c1-2-14(12,13)10-6(11)5(8)4(7)3-9-10/h3H,2H2,1H3. The zero-order valence-electron chi connectivity index (χ0n) is 7.07. The minimum Gasteiger partial charge on any atom is -0.265 e. The van der Waals surface area contributed by atoms with Gasteiger partial charge in [-0.2, -0.15) is 5.10 Å². The zero-order valence-corrected chi connectivity index (χ0v) is 9.40. The fraction of sp³-hybridized carbons (Fsp3) is 0.333. The Hall–Kier alpha value is -0.590. The summed E-state index contributed by atoms with van der Waals surface area (Å²) >= 11 is 11.0. The first-order valence-corrected chi connectivity index (χ1v) is 5.93. The molecule has 0 atom stereocenters. The van der Waals surface area contributed by atoms with E-state index in [2.05, 4.69) is 5.10 Å². The second-order valence-electron chi connectivity index (χ2n) is 2.36. The Kier molecular flexibility index (Phi) is 3.18. The number of rotatable bonds is 2. The molecule has 14 heavy (non-hydrogen) atoms. The normalized spacial score (nSPS) is 11.6. The van der Waals surface area contributed by atoms with Crippen molar-refractivity contribution in [1.82, 2.24) is 9.19 Å². The molecule has 5 nitrogen and oxygen atoms in total. The van der Waals surface area contributed by atoms with Crippen molar-refractivity contribution in [3.05, 3.63) is 26.6 Å². The molecule has 1 aromatic heterocycles. The Balaban J connectivity index is 3.56. The lowest BCUT2D eigenvalue weighted by Crippen LogP contribution is -2.31. The predicted molar refractivity (Wildman–Crippen MR) is 53.4 cm³/mol. The number of hydrogen-bond acceptors (Lipinski definition) is 4. The molecule has 1 aromatic rings. The molecule has 0 aliphatic heterocycles. The maximum Gasteiger partial charge on any atom is 0.301 e. The SMILES string of the molecule is CCS(=O)(=O)n1ncc(Cl)c(Cl)c1=O. The van der Waals surface area contributed by atoms with Gasteiger partial charge in [-0.05, 0) is 6.92 Å². The van der Waals surface area contributed by atoms with Gasteiger partial charge in [0.2, 0.25) is 0 Å². The minimum atomic E-state index is -3.72. The summed E-state index contributed by atoms with van der Waals surface area (Å²) in [6, 6.07) is 0. The number of aromatic nitrogens is 2. The van der Waals surface area contributed by atoms with Crippen LogP contribution in [0.5, 0.6) is 0 Å². The van der Waals surface area contributed by atoms with E-state index in [1.54, 1.807) is 0 Å². The van der Waals surface area contributed by atoms with Crippen LogP contribution in [0.25, 0.3) is 0 Å². The lowest BCUT2D eigenvalue weighted by atomic mass is 10.6. The lowest BCUT2D eigenvalue weighted by Gasteiger charge is -2.03. The molecule has 0 saturated heterocycles. The fourth-order valence-electron chi connectivity index (χ4n) is 0.719. The first-order chi connectivity index (χ1) is 6.40. The van der Waals surface area contributed by atoms with Crippen molar-refractivity contribution in [3.8, 4) is 0 Å². The van der Waals surface area contributed by atoms with Crippen molar-refractivity contribution in [3.63, 3.8) is 0 Å². The molecule has 0 saturated carbocycles. The van der Waals surface area contributed by atoms with Gasteiger partial charge in [-0.25, -0.2) is 8.42 Å². The largest absolute Gasteiger partial charge is 0.301 e. The molecule has 0 bridgehead atoms. The molecular formula is C6H6Cl2N2O3S. The highest BCUT2D eigenvalue weighted by atomic mass is 35.5. The summed E-state index contributed by atoms with van der Waals surface area (Å²) in [6.45, 7) is 1.39. The Bertz CT molecular complexity index is 508. The van der Waals surface area contributed by atoms with Crippen molar-refractivity contribution in [2.24, 2.45) is 0 Å². The van der Waals surface area contributed by atoms with Gasteiger partial charge in [-0.3, -0.25) is 4.79 Å². The highest BCUT2D eigenvalue weighted by molar-refractivity contribution is 7.89. The molecule has 0 aliphatic carbocycles. The van der Waals surface area contributed by atoms with Crippen LogP contribution in [0.15, 0.2) is 11.0 Å². The molecule has 0 aromatic carbocycles. The molecular weight excluding hydrogens is 251 g/mol. The van der Waals surface area contributed by atoms with Gasteiger partial charge in [0.1, 0.15) is 5.02 Å². The van der Waals surface area contributed by atoms with E-state index in [1.807, 2.05) is 0 Å². The summed E-state index contributed by atoms with van der Waals surface area (Å²) < 4.78 is 22.9. The van der Waals surface area contributed by atoms with Crippen LogP contribution in [-0.4, -0.2) is 23.4 Å². The van der Waals surface area contributed by atoms with E-state index in [0.717, 1.165) is 6.20 Å². The molecule has 78 valence electrons. The van der Waals surface area contributed by atoms with E-state index in [4.69, 9.17) is 23.2 Å². The van der Waals surface area contributed by atoms with Crippen molar-refractivity contribution in [1.29, 1.82) is 0 Å². The second-order valence-corrected chi connectivity index (χ2v) is 5.23. The summed E-state index contributed by atoms with van der Waals surface area (Å²) in [4.78, 5) is 11.3. The number of nitrogens with zero attached hydrogens (tertiary/aromatic N) is 2. The maximum atomic E-state index is 11.3. The molecule has 0 fully saturated rings. The van der Waals surface area contributed by atoms with E-state index in [0.29, 0.717) is 4.09 Å². The zero-order chi connectivity index (χ0) is 10.9. The maximum absolute atomic E-state index is 11.3. The van der Waals surface area contributed by atoms with Crippen LogP contribution < -0.4 is 5.56 Å².